The number of imidazole rings is 1. The summed E-state index contributed by atoms with van der Waals surface area (Å²) in [4.78, 5) is 7.88. The molecule has 0 bridgehead atoms. The van der Waals surface area contributed by atoms with Gasteiger partial charge in [-0.25, -0.2) is 4.98 Å². The number of nitrogens with one attached hydrogen (secondary N) is 2. The van der Waals surface area contributed by atoms with Gasteiger partial charge in [-0.05, 0) is 30.3 Å². The van der Waals surface area contributed by atoms with Crippen LogP contribution in [0.3, 0.4) is 0 Å². The van der Waals surface area contributed by atoms with Crippen molar-refractivity contribution in [3.8, 4) is 11.5 Å². The fourth-order valence-corrected chi connectivity index (χ4v) is 2.59. The summed E-state index contributed by atoms with van der Waals surface area (Å²) < 4.78 is 1.03. The van der Waals surface area contributed by atoms with Crippen molar-refractivity contribution in [2.75, 3.05) is 0 Å². The smallest absolute Gasteiger partial charge is 0.159 e. The van der Waals surface area contributed by atoms with Crippen molar-refractivity contribution >= 4 is 37.9 Å². The molecule has 2 heterocycles. The molecule has 4 aromatic rings. The van der Waals surface area contributed by atoms with E-state index in [0.717, 1.165) is 37.9 Å². The summed E-state index contributed by atoms with van der Waals surface area (Å²) in [7, 11) is 0. The van der Waals surface area contributed by atoms with E-state index in [2.05, 4.69) is 36.1 Å². The zero-order chi connectivity index (χ0) is 12.8. The van der Waals surface area contributed by atoms with Gasteiger partial charge in [0.15, 0.2) is 5.82 Å². The zero-order valence-electron chi connectivity index (χ0n) is 9.81. The van der Waals surface area contributed by atoms with E-state index < -0.39 is 0 Å². The number of halogens is 1. The van der Waals surface area contributed by atoms with Gasteiger partial charge in [0, 0.05) is 9.86 Å². The lowest BCUT2D eigenvalue weighted by Crippen LogP contribution is -1.81. The Labute approximate surface area is 117 Å². The minimum Gasteiger partial charge on any atom is -0.337 e. The third kappa shape index (κ3) is 1.66. The molecule has 0 spiro atoms. The second-order valence-electron chi connectivity index (χ2n) is 4.36. The molecule has 0 amide bonds. The van der Waals surface area contributed by atoms with Crippen LogP contribution in [0.1, 0.15) is 0 Å². The molecule has 2 aromatic heterocycles. The van der Waals surface area contributed by atoms with Crippen LogP contribution in [0, 0.1) is 0 Å². The molecule has 0 unspecified atom stereocenters. The maximum atomic E-state index is 4.58. The molecular formula is C14H9BrN4. The zero-order valence-corrected chi connectivity index (χ0v) is 11.4. The summed E-state index contributed by atoms with van der Waals surface area (Å²) in [6, 6.07) is 14.0. The standard InChI is InChI=1S/C14H9BrN4/c15-8-5-6-10-9(7-8)13(19-18-10)14-16-11-3-1-2-4-12(11)17-14/h1-7H,(H,16,17)(H,18,19). The first kappa shape index (κ1) is 10.8. The van der Waals surface area contributed by atoms with Gasteiger partial charge in [0.05, 0.1) is 16.6 Å². The summed E-state index contributed by atoms with van der Waals surface area (Å²) >= 11 is 3.49. The number of hydrogen-bond acceptors (Lipinski definition) is 2. The van der Waals surface area contributed by atoms with Crippen LogP contribution >= 0.6 is 15.9 Å². The first-order valence-electron chi connectivity index (χ1n) is 5.90. The average Bonchev–Trinajstić information content (AvgIpc) is 3.00. The van der Waals surface area contributed by atoms with Crippen LogP contribution in [-0.4, -0.2) is 20.2 Å². The normalized spacial score (nSPS) is 11.4. The van der Waals surface area contributed by atoms with Gasteiger partial charge in [-0.3, -0.25) is 5.10 Å². The fraction of sp³-hybridized carbons (Fsp3) is 0. The van der Waals surface area contributed by atoms with E-state index in [1.165, 1.54) is 0 Å². The van der Waals surface area contributed by atoms with E-state index in [1.54, 1.807) is 0 Å². The first-order valence-corrected chi connectivity index (χ1v) is 6.69. The second kappa shape index (κ2) is 3.93. The van der Waals surface area contributed by atoms with Gasteiger partial charge < -0.3 is 4.98 Å². The third-order valence-corrected chi connectivity index (χ3v) is 3.63. The summed E-state index contributed by atoms with van der Waals surface area (Å²) in [6.07, 6.45) is 0. The topological polar surface area (TPSA) is 57.4 Å². The molecule has 2 N–H and O–H groups in total. The van der Waals surface area contributed by atoms with Crippen LogP contribution in [0.15, 0.2) is 46.9 Å². The van der Waals surface area contributed by atoms with E-state index >= 15 is 0 Å². The van der Waals surface area contributed by atoms with Gasteiger partial charge in [-0.1, -0.05) is 28.1 Å². The Balaban J connectivity index is 2.00. The summed E-state index contributed by atoms with van der Waals surface area (Å²) in [5.41, 5.74) is 3.80. The molecule has 92 valence electrons. The predicted molar refractivity (Wildman–Crippen MR) is 78.9 cm³/mol. The lowest BCUT2D eigenvalue weighted by molar-refractivity contribution is 1.11. The quantitative estimate of drug-likeness (QED) is 0.560. The molecule has 4 nitrogen and oxygen atoms in total. The summed E-state index contributed by atoms with van der Waals surface area (Å²) in [6.45, 7) is 0. The molecule has 0 saturated heterocycles. The Morgan fingerprint density at radius 1 is 1.00 bits per heavy atom. The van der Waals surface area contributed by atoms with E-state index in [1.807, 2.05) is 42.5 Å². The van der Waals surface area contributed by atoms with Gasteiger partial charge in [-0.15, -0.1) is 0 Å². The second-order valence-corrected chi connectivity index (χ2v) is 5.28. The Morgan fingerprint density at radius 2 is 1.89 bits per heavy atom. The van der Waals surface area contributed by atoms with Gasteiger partial charge in [0.2, 0.25) is 0 Å². The van der Waals surface area contributed by atoms with Gasteiger partial charge >= 0.3 is 0 Å². The largest absolute Gasteiger partial charge is 0.337 e. The minimum absolute atomic E-state index is 0.783. The number of para-hydroxylation sites is 2. The summed E-state index contributed by atoms with van der Waals surface area (Å²) in [5, 5.41) is 8.44. The van der Waals surface area contributed by atoms with Crippen LogP contribution in [0.25, 0.3) is 33.5 Å². The lowest BCUT2D eigenvalue weighted by atomic mass is 10.2. The molecule has 4 rings (SSSR count). The van der Waals surface area contributed by atoms with E-state index in [4.69, 9.17) is 0 Å². The van der Waals surface area contributed by atoms with Gasteiger partial charge in [-0.2, -0.15) is 5.10 Å². The maximum absolute atomic E-state index is 4.58. The number of fused-ring (bicyclic) bond motifs is 2. The third-order valence-electron chi connectivity index (χ3n) is 3.14. The lowest BCUT2D eigenvalue weighted by Gasteiger charge is -1.93. The van der Waals surface area contributed by atoms with E-state index in [9.17, 15) is 0 Å². The number of nitrogens with zero attached hydrogens (tertiary/aromatic N) is 2. The highest BCUT2D eigenvalue weighted by Gasteiger charge is 2.12. The molecule has 0 atom stereocenters. The van der Waals surface area contributed by atoms with Crippen molar-refractivity contribution in [2.24, 2.45) is 0 Å². The van der Waals surface area contributed by atoms with Crippen LogP contribution in [0.5, 0.6) is 0 Å². The number of benzene rings is 2. The minimum atomic E-state index is 0.783. The Morgan fingerprint density at radius 3 is 2.79 bits per heavy atom. The molecule has 2 aromatic carbocycles. The highest BCUT2D eigenvalue weighted by Crippen LogP contribution is 2.28. The Bertz CT molecular complexity index is 858. The fourth-order valence-electron chi connectivity index (χ4n) is 2.23. The van der Waals surface area contributed by atoms with Crippen molar-refractivity contribution in [2.45, 2.75) is 0 Å². The Kier molecular flexibility index (Phi) is 2.22. The molecular weight excluding hydrogens is 304 g/mol. The number of aromatic nitrogens is 4. The summed E-state index contributed by atoms with van der Waals surface area (Å²) in [5.74, 6) is 0.783. The van der Waals surface area contributed by atoms with E-state index in [-0.39, 0.29) is 0 Å². The van der Waals surface area contributed by atoms with Gasteiger partial charge in [0.25, 0.3) is 0 Å². The maximum Gasteiger partial charge on any atom is 0.159 e. The molecule has 19 heavy (non-hydrogen) atoms. The molecule has 0 aliphatic rings. The van der Waals surface area contributed by atoms with Crippen LogP contribution in [-0.2, 0) is 0 Å². The average molecular weight is 313 g/mol. The number of rotatable bonds is 1. The van der Waals surface area contributed by atoms with Crippen LogP contribution in [0.2, 0.25) is 0 Å². The van der Waals surface area contributed by atoms with Crippen LogP contribution < -0.4 is 0 Å². The van der Waals surface area contributed by atoms with Crippen molar-refractivity contribution in [3.63, 3.8) is 0 Å². The molecule has 0 aliphatic carbocycles. The molecule has 5 heteroatoms. The number of aromatic amines is 2. The molecule has 0 radical (unpaired) electrons. The monoisotopic (exact) mass is 312 g/mol. The Hall–Kier alpha value is -2.14. The van der Waals surface area contributed by atoms with E-state index in [0.29, 0.717) is 0 Å². The van der Waals surface area contributed by atoms with Crippen molar-refractivity contribution in [1.82, 2.24) is 20.2 Å². The van der Waals surface area contributed by atoms with Crippen molar-refractivity contribution in [1.29, 1.82) is 0 Å². The number of hydrogen-bond donors (Lipinski definition) is 2. The highest BCUT2D eigenvalue weighted by molar-refractivity contribution is 9.10. The highest BCUT2D eigenvalue weighted by atomic mass is 79.9. The van der Waals surface area contributed by atoms with Crippen LogP contribution in [0.4, 0.5) is 0 Å². The SMILES string of the molecule is Brc1ccc2[nH]nc(-c3nc4ccccc4[nH]3)c2c1. The first-order chi connectivity index (χ1) is 9.31. The van der Waals surface area contributed by atoms with Crippen molar-refractivity contribution < 1.29 is 0 Å². The van der Waals surface area contributed by atoms with Gasteiger partial charge in [0.1, 0.15) is 5.69 Å². The molecule has 0 aliphatic heterocycles. The number of H-pyrrole nitrogens is 2. The van der Waals surface area contributed by atoms with Crippen molar-refractivity contribution in [3.05, 3.63) is 46.9 Å². The molecule has 0 fully saturated rings. The molecule has 0 saturated carbocycles. The predicted octanol–water partition coefficient (Wildman–Crippen LogP) is 3.87.